The monoisotopic (exact) mass is 432 g/mol. The van der Waals surface area contributed by atoms with Crippen LogP contribution in [0.1, 0.15) is 37.3 Å². The van der Waals surface area contributed by atoms with Gasteiger partial charge in [-0.2, -0.15) is 5.10 Å². The first-order valence-corrected chi connectivity index (χ1v) is 10.2. The summed E-state index contributed by atoms with van der Waals surface area (Å²) in [6.45, 7) is 2.65. The number of ether oxygens (including phenoxy) is 3. The average Bonchev–Trinajstić information content (AvgIpc) is 3.41. The highest BCUT2D eigenvalue weighted by molar-refractivity contribution is 5.88. The number of nitrogens with one attached hydrogen (secondary N) is 1. The number of hydrogen-bond donors (Lipinski definition) is 2. The Kier molecular flexibility index (Phi) is 5.92. The Balaban J connectivity index is 1.51. The molecule has 0 aliphatic carbocycles. The number of halogens is 1. The number of nitrogens with zero attached hydrogens (tertiary/aromatic N) is 2. The number of benzene rings is 1. The molecule has 1 aromatic heterocycles. The Morgan fingerprint density at radius 1 is 1.45 bits per heavy atom. The van der Waals surface area contributed by atoms with Gasteiger partial charge >= 0.3 is 6.09 Å². The fourth-order valence-corrected chi connectivity index (χ4v) is 3.81. The lowest BCUT2D eigenvalue weighted by Crippen LogP contribution is -2.49. The number of nitrogens with two attached hydrogens (primary N) is 1. The van der Waals surface area contributed by atoms with Gasteiger partial charge in [0.05, 0.1) is 19.3 Å². The average molecular weight is 432 g/mol. The Bertz CT molecular complexity index is 974. The minimum absolute atomic E-state index is 0.106. The van der Waals surface area contributed by atoms with E-state index in [1.807, 2.05) is 0 Å². The number of rotatable bonds is 7. The zero-order chi connectivity index (χ0) is 22.0. The molecule has 4 rings (SSSR count). The molecule has 2 aliphatic rings. The molecule has 0 radical (unpaired) electrons. The van der Waals surface area contributed by atoms with Gasteiger partial charge < -0.3 is 25.3 Å². The van der Waals surface area contributed by atoms with Crippen molar-refractivity contribution in [1.82, 2.24) is 15.1 Å². The first kappa shape index (κ1) is 21.3. The van der Waals surface area contributed by atoms with Gasteiger partial charge in [-0.15, -0.1) is 0 Å². The van der Waals surface area contributed by atoms with Gasteiger partial charge in [0, 0.05) is 18.4 Å². The molecule has 1 aromatic carbocycles. The van der Waals surface area contributed by atoms with Gasteiger partial charge in [-0.25, -0.2) is 13.9 Å². The third kappa shape index (κ3) is 4.26. The van der Waals surface area contributed by atoms with E-state index >= 15 is 0 Å². The molecule has 2 aliphatic heterocycles. The largest absolute Gasteiger partial charge is 0.443 e. The topological polar surface area (TPSA) is 118 Å². The maximum atomic E-state index is 15.0. The highest BCUT2D eigenvalue weighted by Crippen LogP contribution is 2.33. The number of carbonyl (C=O) groups excluding carboxylic acids is 2. The fourth-order valence-electron chi connectivity index (χ4n) is 3.81. The van der Waals surface area contributed by atoms with Crippen LogP contribution in [0.25, 0.3) is 5.69 Å². The van der Waals surface area contributed by atoms with Gasteiger partial charge in [0.25, 0.3) is 0 Å². The SMILES string of the molecule is CC(C(N)=O)(c1ccc(-n2cc(COC3CCCCO3)cn2)c(F)c1)C1CNC(=O)O1. The number of hydrogen-bond acceptors (Lipinski definition) is 6. The van der Waals surface area contributed by atoms with Crippen molar-refractivity contribution in [3.05, 3.63) is 47.5 Å². The number of alkyl carbamates (subject to hydrolysis) is 1. The highest BCUT2D eigenvalue weighted by Gasteiger charge is 2.47. The molecule has 9 nitrogen and oxygen atoms in total. The van der Waals surface area contributed by atoms with E-state index in [1.165, 1.54) is 23.7 Å². The van der Waals surface area contributed by atoms with Crippen LogP contribution in [0.3, 0.4) is 0 Å². The van der Waals surface area contributed by atoms with Crippen LogP contribution in [-0.4, -0.2) is 47.3 Å². The molecule has 0 saturated carbocycles. The highest BCUT2D eigenvalue weighted by atomic mass is 19.1. The van der Waals surface area contributed by atoms with E-state index in [4.69, 9.17) is 19.9 Å². The van der Waals surface area contributed by atoms with Crippen molar-refractivity contribution in [2.24, 2.45) is 5.73 Å². The first-order chi connectivity index (χ1) is 14.9. The smallest absolute Gasteiger partial charge is 0.407 e. The Morgan fingerprint density at radius 2 is 2.29 bits per heavy atom. The van der Waals surface area contributed by atoms with Crippen LogP contribution < -0.4 is 11.1 Å². The second-order valence-electron chi connectivity index (χ2n) is 7.91. The third-order valence-electron chi connectivity index (χ3n) is 5.84. The first-order valence-electron chi connectivity index (χ1n) is 10.2. The van der Waals surface area contributed by atoms with Crippen molar-refractivity contribution in [1.29, 1.82) is 0 Å². The van der Waals surface area contributed by atoms with Gasteiger partial charge in [-0.1, -0.05) is 6.07 Å². The molecule has 3 unspecified atom stereocenters. The van der Waals surface area contributed by atoms with Crippen molar-refractivity contribution >= 4 is 12.0 Å². The Labute approximate surface area is 178 Å². The van der Waals surface area contributed by atoms with Crippen LogP contribution >= 0.6 is 0 Å². The Morgan fingerprint density at radius 3 is 2.94 bits per heavy atom. The van der Waals surface area contributed by atoms with Crippen LogP contribution in [-0.2, 0) is 31.0 Å². The van der Waals surface area contributed by atoms with E-state index in [0.29, 0.717) is 18.8 Å². The molecule has 2 aromatic rings. The number of aromatic nitrogens is 2. The number of amides is 2. The predicted molar refractivity (Wildman–Crippen MR) is 107 cm³/mol. The lowest BCUT2D eigenvalue weighted by atomic mass is 9.76. The maximum absolute atomic E-state index is 15.0. The van der Waals surface area contributed by atoms with E-state index in [0.717, 1.165) is 24.8 Å². The number of carbonyl (C=O) groups is 2. The van der Waals surface area contributed by atoms with Crippen molar-refractivity contribution in [2.45, 2.75) is 50.6 Å². The van der Waals surface area contributed by atoms with E-state index in [-0.39, 0.29) is 18.5 Å². The lowest BCUT2D eigenvalue weighted by Gasteiger charge is -2.31. The van der Waals surface area contributed by atoms with Crippen molar-refractivity contribution < 1.29 is 28.2 Å². The van der Waals surface area contributed by atoms with Crippen LogP contribution in [0.2, 0.25) is 0 Å². The summed E-state index contributed by atoms with van der Waals surface area (Å²) in [5, 5.41) is 6.70. The van der Waals surface area contributed by atoms with Gasteiger partial charge in [-0.3, -0.25) is 4.79 Å². The van der Waals surface area contributed by atoms with E-state index < -0.39 is 29.3 Å². The molecule has 2 fully saturated rings. The number of cyclic esters (lactones) is 1. The van der Waals surface area contributed by atoms with Crippen LogP contribution in [0.4, 0.5) is 9.18 Å². The van der Waals surface area contributed by atoms with E-state index in [9.17, 15) is 14.0 Å². The molecule has 0 spiro atoms. The predicted octanol–water partition coefficient (Wildman–Crippen LogP) is 1.91. The van der Waals surface area contributed by atoms with Crippen LogP contribution in [0.15, 0.2) is 30.6 Å². The van der Waals surface area contributed by atoms with Gasteiger partial charge in [-0.05, 0) is 43.9 Å². The van der Waals surface area contributed by atoms with E-state index in [2.05, 4.69) is 10.4 Å². The summed E-state index contributed by atoms with van der Waals surface area (Å²) < 4.78 is 32.8. The molecular formula is C21H25FN4O5. The zero-order valence-electron chi connectivity index (χ0n) is 17.2. The van der Waals surface area contributed by atoms with Gasteiger partial charge in [0.15, 0.2) is 6.29 Å². The second-order valence-corrected chi connectivity index (χ2v) is 7.91. The van der Waals surface area contributed by atoms with Crippen LogP contribution in [0.5, 0.6) is 0 Å². The molecule has 10 heteroatoms. The van der Waals surface area contributed by atoms with Crippen molar-refractivity contribution in [3.63, 3.8) is 0 Å². The normalized spacial score (nSPS) is 23.1. The molecule has 3 heterocycles. The third-order valence-corrected chi connectivity index (χ3v) is 5.84. The summed E-state index contributed by atoms with van der Waals surface area (Å²) in [5.74, 6) is -1.31. The standard InChI is InChI=1S/C21H25FN4O5/c1-21(19(23)27,17-10-24-20(28)31-17)14-5-6-16(15(22)8-14)26-11-13(9-25-26)12-30-18-4-2-3-7-29-18/h5-6,8-9,11,17-18H,2-4,7,10,12H2,1H3,(H2,23,27)(H,24,28). The second kappa shape index (κ2) is 8.64. The summed E-state index contributed by atoms with van der Waals surface area (Å²) >= 11 is 0. The van der Waals surface area contributed by atoms with Crippen molar-refractivity contribution in [2.75, 3.05) is 13.2 Å². The maximum Gasteiger partial charge on any atom is 0.407 e. The molecule has 2 saturated heterocycles. The fraction of sp³-hybridized carbons (Fsp3) is 0.476. The summed E-state index contributed by atoms with van der Waals surface area (Å²) in [6, 6.07) is 4.32. The molecule has 2 amide bonds. The van der Waals surface area contributed by atoms with E-state index in [1.54, 1.807) is 18.5 Å². The summed E-state index contributed by atoms with van der Waals surface area (Å²) in [5.41, 5.74) is 5.52. The summed E-state index contributed by atoms with van der Waals surface area (Å²) in [4.78, 5) is 23.7. The van der Waals surface area contributed by atoms with Crippen LogP contribution in [0, 0.1) is 5.82 Å². The molecular weight excluding hydrogens is 407 g/mol. The summed E-state index contributed by atoms with van der Waals surface area (Å²) in [6.07, 6.45) is 4.55. The minimum atomic E-state index is -1.39. The zero-order valence-corrected chi connectivity index (χ0v) is 17.2. The minimum Gasteiger partial charge on any atom is -0.443 e. The summed E-state index contributed by atoms with van der Waals surface area (Å²) in [7, 11) is 0. The molecule has 0 bridgehead atoms. The Hall–Kier alpha value is -2.98. The quantitative estimate of drug-likeness (QED) is 0.690. The number of primary amides is 1. The molecule has 3 atom stereocenters. The lowest BCUT2D eigenvalue weighted by molar-refractivity contribution is -0.168. The van der Waals surface area contributed by atoms with Gasteiger partial charge in [0.1, 0.15) is 23.0 Å². The van der Waals surface area contributed by atoms with Gasteiger partial charge in [0.2, 0.25) is 5.91 Å². The molecule has 31 heavy (non-hydrogen) atoms. The molecule has 166 valence electrons. The molecule has 3 N–H and O–H groups in total. The van der Waals surface area contributed by atoms with Crippen molar-refractivity contribution in [3.8, 4) is 5.69 Å².